The number of carbonyl (C=O) groups is 1. The highest BCUT2D eigenvalue weighted by Gasteiger charge is 2.54. The molecule has 3 N–H and O–H groups in total. The Morgan fingerprint density at radius 1 is 1.03 bits per heavy atom. The molecule has 29 heavy (non-hydrogen) atoms. The molecule has 1 amide bonds. The van der Waals surface area contributed by atoms with E-state index in [0.717, 1.165) is 53.7 Å². The minimum absolute atomic E-state index is 0.150. The number of carbonyl (C=O) groups excluding carboxylic acids is 1. The first-order valence-corrected chi connectivity index (χ1v) is 10.7. The maximum Gasteiger partial charge on any atom is 0.230 e. The highest BCUT2D eigenvalue weighted by molar-refractivity contribution is 5.96. The summed E-state index contributed by atoms with van der Waals surface area (Å²) in [6.07, 6.45) is 7.09. The van der Waals surface area contributed by atoms with E-state index in [1.165, 1.54) is 19.3 Å². The Hall–Kier alpha value is -2.82. The smallest absolute Gasteiger partial charge is 0.230 e. The number of aromatic amines is 1. The molecule has 4 aliphatic rings. The van der Waals surface area contributed by atoms with Crippen LogP contribution in [0.15, 0.2) is 42.5 Å². The van der Waals surface area contributed by atoms with Gasteiger partial charge in [-0.2, -0.15) is 0 Å². The van der Waals surface area contributed by atoms with Gasteiger partial charge in [-0.1, -0.05) is 12.1 Å². The van der Waals surface area contributed by atoms with Gasteiger partial charge >= 0.3 is 0 Å². The highest BCUT2D eigenvalue weighted by Crippen LogP contribution is 2.60. The number of nitrogens with one attached hydrogen (secondary N) is 2. The molecule has 4 fully saturated rings. The number of phenolic OH excluding ortho intramolecular Hbond substituents is 1. The summed E-state index contributed by atoms with van der Waals surface area (Å²) in [7, 11) is 0. The van der Waals surface area contributed by atoms with Crippen LogP contribution < -0.4 is 5.32 Å². The lowest BCUT2D eigenvalue weighted by Gasteiger charge is -2.55. The van der Waals surface area contributed by atoms with E-state index in [1.54, 1.807) is 12.1 Å². The third-order valence-corrected chi connectivity index (χ3v) is 7.42. The Labute approximate surface area is 169 Å². The van der Waals surface area contributed by atoms with Gasteiger partial charge in [-0.05, 0) is 86.6 Å². The van der Waals surface area contributed by atoms with Crippen molar-refractivity contribution in [3.8, 4) is 17.1 Å². The van der Waals surface area contributed by atoms with Crippen molar-refractivity contribution >= 4 is 22.6 Å². The molecule has 0 radical (unpaired) electrons. The fraction of sp³-hybridized carbons (Fsp3) is 0.417. The SMILES string of the molecule is O=C(Nc1ccc(O)c(-c2nc3ccccc3[nH]2)c1)C12CC3CC(CC(C3)C1)C2. The number of nitrogens with zero attached hydrogens (tertiary/aromatic N) is 1. The van der Waals surface area contributed by atoms with Gasteiger partial charge in [-0.25, -0.2) is 4.98 Å². The number of anilines is 1. The summed E-state index contributed by atoms with van der Waals surface area (Å²) in [5.41, 5.74) is 2.91. The molecule has 4 saturated carbocycles. The van der Waals surface area contributed by atoms with Crippen LogP contribution in [0, 0.1) is 23.2 Å². The molecule has 3 aromatic rings. The summed E-state index contributed by atoms with van der Waals surface area (Å²) in [4.78, 5) is 21.2. The number of benzene rings is 2. The molecule has 4 bridgehead atoms. The molecule has 0 atom stereocenters. The van der Waals surface area contributed by atoms with E-state index in [9.17, 15) is 9.90 Å². The molecule has 4 aliphatic carbocycles. The number of amides is 1. The second kappa shape index (κ2) is 6.09. The van der Waals surface area contributed by atoms with Gasteiger partial charge in [-0.15, -0.1) is 0 Å². The van der Waals surface area contributed by atoms with Gasteiger partial charge in [0.05, 0.1) is 22.0 Å². The van der Waals surface area contributed by atoms with E-state index >= 15 is 0 Å². The average molecular weight is 387 g/mol. The van der Waals surface area contributed by atoms with Crippen LogP contribution in [0.5, 0.6) is 5.75 Å². The maximum absolute atomic E-state index is 13.3. The van der Waals surface area contributed by atoms with Gasteiger partial charge in [0.15, 0.2) is 0 Å². The summed E-state index contributed by atoms with van der Waals surface area (Å²) in [5.74, 6) is 3.12. The van der Waals surface area contributed by atoms with E-state index in [-0.39, 0.29) is 17.1 Å². The predicted octanol–water partition coefficient (Wildman–Crippen LogP) is 5.09. The molecule has 148 valence electrons. The fourth-order valence-corrected chi connectivity index (χ4v) is 6.54. The van der Waals surface area contributed by atoms with Crippen LogP contribution in [0.1, 0.15) is 38.5 Å². The Bertz CT molecular complexity index is 1050. The Morgan fingerprint density at radius 2 is 1.72 bits per heavy atom. The zero-order valence-electron chi connectivity index (χ0n) is 16.3. The quantitative estimate of drug-likeness (QED) is 0.548. The third kappa shape index (κ3) is 2.75. The van der Waals surface area contributed by atoms with Crippen LogP contribution >= 0.6 is 0 Å². The van der Waals surface area contributed by atoms with Gasteiger partial charge in [-0.3, -0.25) is 4.79 Å². The minimum atomic E-state index is -0.188. The Morgan fingerprint density at radius 3 is 2.41 bits per heavy atom. The fourth-order valence-electron chi connectivity index (χ4n) is 6.54. The molecule has 0 spiro atoms. The van der Waals surface area contributed by atoms with Crippen LogP contribution in [0.3, 0.4) is 0 Å². The lowest BCUT2D eigenvalue weighted by Crippen LogP contribution is -2.51. The number of phenols is 1. The average Bonchev–Trinajstić information content (AvgIpc) is 3.12. The van der Waals surface area contributed by atoms with E-state index in [0.29, 0.717) is 11.4 Å². The van der Waals surface area contributed by atoms with Crippen molar-refractivity contribution in [3.05, 3.63) is 42.5 Å². The standard InChI is InChI=1S/C24H25N3O2/c28-21-6-5-17(10-18(21)22-26-19-3-1-2-4-20(19)27-22)25-23(29)24-11-14-7-15(12-24)9-16(8-14)13-24/h1-6,10,14-16,28H,7-9,11-13H2,(H,25,29)(H,26,27). The molecule has 7 rings (SSSR count). The molecule has 0 aliphatic heterocycles. The van der Waals surface area contributed by atoms with Crippen LogP contribution in [0.2, 0.25) is 0 Å². The number of aromatic hydroxyl groups is 1. The van der Waals surface area contributed by atoms with Crippen LogP contribution in [0.25, 0.3) is 22.4 Å². The van der Waals surface area contributed by atoms with Crippen molar-refractivity contribution in [2.24, 2.45) is 23.2 Å². The van der Waals surface area contributed by atoms with Crippen molar-refractivity contribution in [1.29, 1.82) is 0 Å². The summed E-state index contributed by atoms with van der Waals surface area (Å²) in [5, 5.41) is 13.6. The normalized spacial score (nSPS) is 30.0. The minimum Gasteiger partial charge on any atom is -0.507 e. The number of H-pyrrole nitrogens is 1. The number of aromatic nitrogens is 2. The van der Waals surface area contributed by atoms with Gasteiger partial charge < -0.3 is 15.4 Å². The number of para-hydroxylation sites is 2. The molecular formula is C24H25N3O2. The van der Waals surface area contributed by atoms with Crippen molar-refractivity contribution < 1.29 is 9.90 Å². The molecule has 0 unspecified atom stereocenters. The molecule has 0 saturated heterocycles. The molecule has 2 aromatic carbocycles. The van der Waals surface area contributed by atoms with E-state index in [2.05, 4.69) is 15.3 Å². The zero-order chi connectivity index (χ0) is 19.6. The summed E-state index contributed by atoms with van der Waals surface area (Å²) in [6.45, 7) is 0. The molecule has 5 nitrogen and oxygen atoms in total. The summed E-state index contributed by atoms with van der Waals surface area (Å²) >= 11 is 0. The number of rotatable bonds is 3. The molecule has 5 heteroatoms. The van der Waals surface area contributed by atoms with Crippen LogP contribution in [0.4, 0.5) is 5.69 Å². The number of imidazole rings is 1. The number of hydrogen-bond acceptors (Lipinski definition) is 3. The predicted molar refractivity (Wildman–Crippen MR) is 112 cm³/mol. The van der Waals surface area contributed by atoms with Gasteiger partial charge in [0.1, 0.15) is 11.6 Å². The molecular weight excluding hydrogens is 362 g/mol. The maximum atomic E-state index is 13.3. The van der Waals surface area contributed by atoms with Crippen LogP contribution in [-0.4, -0.2) is 21.0 Å². The first-order chi connectivity index (χ1) is 14.1. The highest BCUT2D eigenvalue weighted by atomic mass is 16.3. The number of fused-ring (bicyclic) bond motifs is 1. The lowest BCUT2D eigenvalue weighted by atomic mass is 9.49. The first-order valence-electron chi connectivity index (χ1n) is 10.7. The van der Waals surface area contributed by atoms with Gasteiger partial charge in [0.2, 0.25) is 5.91 Å². The third-order valence-electron chi connectivity index (χ3n) is 7.42. The topological polar surface area (TPSA) is 78.0 Å². The lowest BCUT2D eigenvalue weighted by molar-refractivity contribution is -0.140. The summed E-state index contributed by atoms with van der Waals surface area (Å²) in [6, 6.07) is 13.0. The summed E-state index contributed by atoms with van der Waals surface area (Å²) < 4.78 is 0. The van der Waals surface area contributed by atoms with Crippen molar-refractivity contribution in [2.45, 2.75) is 38.5 Å². The molecule has 1 aromatic heterocycles. The monoisotopic (exact) mass is 387 g/mol. The van der Waals surface area contributed by atoms with E-state index in [1.807, 2.05) is 30.3 Å². The molecule has 1 heterocycles. The van der Waals surface area contributed by atoms with Crippen molar-refractivity contribution in [2.75, 3.05) is 5.32 Å². The van der Waals surface area contributed by atoms with Crippen molar-refractivity contribution in [1.82, 2.24) is 9.97 Å². The largest absolute Gasteiger partial charge is 0.507 e. The van der Waals surface area contributed by atoms with E-state index < -0.39 is 0 Å². The first kappa shape index (κ1) is 17.1. The van der Waals surface area contributed by atoms with Crippen LogP contribution in [-0.2, 0) is 4.79 Å². The second-order valence-electron chi connectivity index (χ2n) is 9.49. The van der Waals surface area contributed by atoms with Crippen molar-refractivity contribution in [3.63, 3.8) is 0 Å². The Kier molecular flexibility index (Phi) is 3.58. The van der Waals surface area contributed by atoms with Gasteiger partial charge in [0.25, 0.3) is 0 Å². The zero-order valence-corrected chi connectivity index (χ0v) is 16.3. The van der Waals surface area contributed by atoms with E-state index in [4.69, 9.17) is 0 Å². The Balaban J connectivity index is 1.30. The van der Waals surface area contributed by atoms with Gasteiger partial charge in [0, 0.05) is 5.69 Å². The second-order valence-corrected chi connectivity index (χ2v) is 9.49. The number of hydrogen-bond donors (Lipinski definition) is 3.